The Kier molecular flexibility index (Phi) is 4.31. The number of nitrogens with zero attached hydrogens (tertiary/aromatic N) is 2. The maximum atomic E-state index is 12.3. The third-order valence-electron chi connectivity index (χ3n) is 4.05. The van der Waals surface area contributed by atoms with Crippen LogP contribution in [0.25, 0.3) is 5.69 Å². The Morgan fingerprint density at radius 2 is 2.14 bits per heavy atom. The normalized spacial score (nSPS) is 15.6. The van der Waals surface area contributed by atoms with Crippen LogP contribution >= 0.6 is 15.9 Å². The van der Waals surface area contributed by atoms with Gasteiger partial charge in [0.15, 0.2) is 0 Å². The number of halogens is 1. The lowest BCUT2D eigenvalue weighted by Gasteiger charge is -2.11. The van der Waals surface area contributed by atoms with Crippen molar-refractivity contribution in [1.82, 2.24) is 15.1 Å². The summed E-state index contributed by atoms with van der Waals surface area (Å²) < 4.78 is 2.77. The summed E-state index contributed by atoms with van der Waals surface area (Å²) in [5.41, 5.74) is 8.35. The van der Waals surface area contributed by atoms with E-state index in [1.165, 1.54) is 12.8 Å². The van der Waals surface area contributed by atoms with E-state index < -0.39 is 0 Å². The molecule has 0 saturated heterocycles. The summed E-state index contributed by atoms with van der Waals surface area (Å²) in [6.07, 6.45) is 3.96. The molecule has 3 N–H and O–H groups in total. The topological polar surface area (TPSA) is 72.9 Å². The van der Waals surface area contributed by atoms with Crippen LogP contribution in [0.1, 0.15) is 28.9 Å². The highest BCUT2D eigenvalue weighted by Gasteiger charge is 2.28. The number of hydrogen-bond donors (Lipinski definition) is 2. The molecule has 0 spiro atoms. The lowest BCUT2D eigenvalue weighted by atomic mass is 10.2. The van der Waals surface area contributed by atoms with E-state index >= 15 is 0 Å². The van der Waals surface area contributed by atoms with Crippen molar-refractivity contribution < 1.29 is 4.79 Å². The Bertz CT molecular complexity index is 676. The van der Waals surface area contributed by atoms with Gasteiger partial charge in [0.05, 0.1) is 23.1 Å². The highest BCUT2D eigenvalue weighted by molar-refractivity contribution is 9.10. The second-order valence-corrected chi connectivity index (χ2v) is 6.66. The van der Waals surface area contributed by atoms with Crippen molar-refractivity contribution in [2.45, 2.75) is 25.8 Å². The fourth-order valence-corrected chi connectivity index (χ4v) is 2.74. The molecule has 1 atom stereocenters. The zero-order chi connectivity index (χ0) is 15.7. The first-order valence-electron chi connectivity index (χ1n) is 7.40. The molecule has 116 valence electrons. The molecule has 1 heterocycles. The molecule has 0 bridgehead atoms. The summed E-state index contributed by atoms with van der Waals surface area (Å²) in [4.78, 5) is 12.3. The minimum atomic E-state index is -0.114. The van der Waals surface area contributed by atoms with Crippen LogP contribution in [0, 0.1) is 12.8 Å². The number of nitrogens with one attached hydrogen (secondary N) is 1. The van der Waals surface area contributed by atoms with Gasteiger partial charge in [0.2, 0.25) is 0 Å². The molecule has 2 aromatic rings. The van der Waals surface area contributed by atoms with Gasteiger partial charge in [-0.25, -0.2) is 4.68 Å². The van der Waals surface area contributed by atoms with Gasteiger partial charge in [-0.3, -0.25) is 4.79 Å². The third-order valence-corrected chi connectivity index (χ3v) is 4.58. The minimum Gasteiger partial charge on any atom is -0.350 e. The van der Waals surface area contributed by atoms with Crippen molar-refractivity contribution in [3.05, 3.63) is 46.2 Å². The maximum absolute atomic E-state index is 12.3. The smallest absolute Gasteiger partial charge is 0.254 e. The van der Waals surface area contributed by atoms with E-state index in [1.807, 2.05) is 31.2 Å². The van der Waals surface area contributed by atoms with Gasteiger partial charge in [-0.05, 0) is 49.9 Å². The Balaban J connectivity index is 1.71. The van der Waals surface area contributed by atoms with E-state index in [4.69, 9.17) is 5.73 Å². The molecule has 1 unspecified atom stereocenters. The monoisotopic (exact) mass is 362 g/mol. The predicted octanol–water partition coefficient (Wildman–Crippen LogP) is 2.41. The van der Waals surface area contributed by atoms with Gasteiger partial charge in [0.1, 0.15) is 0 Å². The van der Waals surface area contributed by atoms with Gasteiger partial charge in [-0.1, -0.05) is 15.9 Å². The highest BCUT2D eigenvalue weighted by Crippen LogP contribution is 2.31. The molecule has 0 radical (unpaired) electrons. The Hall–Kier alpha value is -1.66. The number of rotatable bonds is 5. The molecule has 1 saturated carbocycles. The molecule has 3 rings (SSSR count). The van der Waals surface area contributed by atoms with Gasteiger partial charge < -0.3 is 11.1 Å². The largest absolute Gasteiger partial charge is 0.350 e. The summed E-state index contributed by atoms with van der Waals surface area (Å²) in [6.45, 7) is 2.41. The van der Waals surface area contributed by atoms with Crippen LogP contribution in [0.5, 0.6) is 0 Å². The second kappa shape index (κ2) is 6.22. The molecular weight excluding hydrogens is 344 g/mol. The zero-order valence-corrected chi connectivity index (χ0v) is 14.0. The Morgan fingerprint density at radius 1 is 1.45 bits per heavy atom. The van der Waals surface area contributed by atoms with E-state index in [9.17, 15) is 4.79 Å². The lowest BCUT2D eigenvalue weighted by Crippen LogP contribution is -2.38. The zero-order valence-electron chi connectivity index (χ0n) is 12.4. The van der Waals surface area contributed by atoms with E-state index in [1.54, 1.807) is 10.9 Å². The molecule has 1 aliphatic carbocycles. The van der Waals surface area contributed by atoms with Gasteiger partial charge in [-0.2, -0.15) is 5.10 Å². The molecule has 6 heteroatoms. The number of aromatic nitrogens is 2. The molecule has 1 aromatic heterocycles. The molecule has 0 aliphatic heterocycles. The van der Waals surface area contributed by atoms with Crippen molar-refractivity contribution in [3.8, 4) is 5.69 Å². The summed E-state index contributed by atoms with van der Waals surface area (Å²) in [5, 5.41) is 7.23. The second-order valence-electron chi connectivity index (χ2n) is 5.74. The molecule has 22 heavy (non-hydrogen) atoms. The summed E-state index contributed by atoms with van der Waals surface area (Å²) in [7, 11) is 0. The van der Waals surface area contributed by atoms with Gasteiger partial charge in [0, 0.05) is 17.1 Å². The highest BCUT2D eigenvalue weighted by atomic mass is 79.9. The molecule has 1 amide bonds. The SMILES string of the molecule is Cc1c(C(=O)NCC(N)C2CC2)cnn1-c1ccc(Br)cc1. The average molecular weight is 363 g/mol. The van der Waals surface area contributed by atoms with Gasteiger partial charge >= 0.3 is 0 Å². The van der Waals surface area contributed by atoms with Crippen LogP contribution in [0.3, 0.4) is 0 Å². The van der Waals surface area contributed by atoms with E-state index in [0.717, 1.165) is 15.9 Å². The van der Waals surface area contributed by atoms with Crippen molar-refractivity contribution >= 4 is 21.8 Å². The maximum Gasteiger partial charge on any atom is 0.254 e. The number of carbonyl (C=O) groups excluding carboxylic acids is 1. The molecule has 1 fully saturated rings. The third kappa shape index (κ3) is 3.23. The summed E-state index contributed by atoms with van der Waals surface area (Å²) in [5.74, 6) is 0.462. The van der Waals surface area contributed by atoms with E-state index in [-0.39, 0.29) is 11.9 Å². The van der Waals surface area contributed by atoms with Crippen LogP contribution in [-0.4, -0.2) is 28.3 Å². The molecular formula is C16H19BrN4O. The first-order valence-corrected chi connectivity index (χ1v) is 8.20. The first-order chi connectivity index (χ1) is 10.6. The van der Waals surface area contributed by atoms with E-state index in [0.29, 0.717) is 18.0 Å². The van der Waals surface area contributed by atoms with Crippen LogP contribution in [0.15, 0.2) is 34.9 Å². The first kappa shape index (κ1) is 15.2. The number of carbonyl (C=O) groups is 1. The predicted molar refractivity (Wildman–Crippen MR) is 89.0 cm³/mol. The number of amides is 1. The molecule has 1 aromatic carbocycles. The van der Waals surface area contributed by atoms with Crippen molar-refractivity contribution in [1.29, 1.82) is 0 Å². The quantitative estimate of drug-likeness (QED) is 0.857. The number of nitrogens with two attached hydrogens (primary N) is 1. The van der Waals surface area contributed by atoms with Crippen LogP contribution in [0.2, 0.25) is 0 Å². The van der Waals surface area contributed by atoms with Gasteiger partial charge in [0.25, 0.3) is 5.91 Å². The lowest BCUT2D eigenvalue weighted by molar-refractivity contribution is 0.0949. The van der Waals surface area contributed by atoms with Crippen molar-refractivity contribution in [3.63, 3.8) is 0 Å². The molecule has 5 nitrogen and oxygen atoms in total. The van der Waals surface area contributed by atoms with Crippen molar-refractivity contribution in [2.75, 3.05) is 6.54 Å². The minimum absolute atomic E-state index is 0.0609. The van der Waals surface area contributed by atoms with Crippen molar-refractivity contribution in [2.24, 2.45) is 11.7 Å². The Labute approximate surface area is 138 Å². The standard InChI is InChI=1S/C16H19BrN4O/c1-10-14(16(22)19-9-15(18)11-2-3-11)8-20-21(10)13-6-4-12(17)5-7-13/h4-8,11,15H,2-3,9,18H2,1H3,(H,19,22). The van der Waals surface area contributed by atoms with Crippen LogP contribution < -0.4 is 11.1 Å². The van der Waals surface area contributed by atoms with Gasteiger partial charge in [-0.15, -0.1) is 0 Å². The average Bonchev–Trinajstić information content (AvgIpc) is 3.29. The summed E-state index contributed by atoms with van der Waals surface area (Å²) in [6, 6.07) is 7.87. The number of benzene rings is 1. The molecule has 1 aliphatic rings. The van der Waals surface area contributed by atoms with Crippen LogP contribution in [-0.2, 0) is 0 Å². The fraction of sp³-hybridized carbons (Fsp3) is 0.375. The fourth-order valence-electron chi connectivity index (χ4n) is 2.47. The Morgan fingerprint density at radius 3 is 2.77 bits per heavy atom. The van der Waals surface area contributed by atoms with E-state index in [2.05, 4.69) is 26.3 Å². The number of hydrogen-bond acceptors (Lipinski definition) is 3. The summed E-state index contributed by atoms with van der Waals surface area (Å²) >= 11 is 3.41. The van der Waals surface area contributed by atoms with Crippen LogP contribution in [0.4, 0.5) is 0 Å².